The van der Waals surface area contributed by atoms with E-state index in [0.717, 1.165) is 49.9 Å². The van der Waals surface area contributed by atoms with E-state index >= 15 is 0 Å². The summed E-state index contributed by atoms with van der Waals surface area (Å²) in [5.41, 5.74) is -0.780. The van der Waals surface area contributed by atoms with Gasteiger partial charge < -0.3 is 15.3 Å². The second-order valence-electron chi connectivity index (χ2n) is 12.3. The number of halogens is 3. The van der Waals surface area contributed by atoms with Crippen molar-refractivity contribution in [2.45, 2.75) is 74.8 Å². The van der Waals surface area contributed by atoms with E-state index in [4.69, 9.17) is 0 Å². The van der Waals surface area contributed by atoms with Crippen LogP contribution in [0.5, 0.6) is 0 Å². The quantitative estimate of drug-likeness (QED) is 0.432. The largest absolute Gasteiger partial charge is 0.416 e. The molecule has 2 N–H and O–H groups in total. The van der Waals surface area contributed by atoms with Gasteiger partial charge in [-0.15, -0.1) is 0 Å². The standard InChI is InChI=1S/C32H35F3N6O3/c1-30(10-12-31(44,13-11-30)26-7-6-22(19-38-26)28-36-14-3-15-37-28)41-17-9-24-25(41)8-16-40(24)27(42)20-39-29(43)21-4-2-5-23(18-21)32(33,34)35/h2-7,14-15,18-19,24-25,44H,8-13,16-17,20H2,1H3,(H,39,43)/t24-,25-,30?,31?/m1/s1. The van der Waals surface area contributed by atoms with Crippen molar-refractivity contribution in [3.63, 3.8) is 0 Å². The maximum Gasteiger partial charge on any atom is 0.416 e. The number of rotatable bonds is 6. The molecule has 1 aromatic carbocycles. The van der Waals surface area contributed by atoms with Crippen molar-refractivity contribution >= 4 is 11.8 Å². The highest BCUT2D eigenvalue weighted by molar-refractivity contribution is 5.96. The van der Waals surface area contributed by atoms with Gasteiger partial charge in [0.05, 0.1) is 17.8 Å². The molecule has 1 saturated carbocycles. The molecule has 3 fully saturated rings. The molecule has 2 atom stereocenters. The minimum absolute atomic E-state index is 0.0139. The van der Waals surface area contributed by atoms with Crippen molar-refractivity contribution in [2.24, 2.45) is 0 Å². The Labute approximate surface area is 253 Å². The summed E-state index contributed by atoms with van der Waals surface area (Å²) < 4.78 is 39.1. The van der Waals surface area contributed by atoms with E-state index in [1.165, 1.54) is 12.1 Å². The van der Waals surface area contributed by atoms with Crippen molar-refractivity contribution in [2.75, 3.05) is 19.6 Å². The number of pyridine rings is 1. The monoisotopic (exact) mass is 608 g/mol. The number of alkyl halides is 3. The molecule has 3 aromatic rings. The molecule has 12 heteroatoms. The highest BCUT2D eigenvalue weighted by Crippen LogP contribution is 2.47. The fourth-order valence-electron chi connectivity index (χ4n) is 7.16. The Morgan fingerprint density at radius 1 is 0.977 bits per heavy atom. The summed E-state index contributed by atoms with van der Waals surface area (Å²) in [4.78, 5) is 43.0. The maximum atomic E-state index is 13.1. The van der Waals surface area contributed by atoms with Crippen LogP contribution in [0.3, 0.4) is 0 Å². The van der Waals surface area contributed by atoms with Crippen LogP contribution < -0.4 is 5.32 Å². The average molecular weight is 609 g/mol. The SMILES string of the molecule is CC1(N2CC[C@@H]3[C@H]2CCN3C(=O)CNC(=O)c2cccc(C(F)(F)F)c2)CCC(O)(c2ccc(-c3ncccn3)cn2)CC1. The Morgan fingerprint density at radius 3 is 2.39 bits per heavy atom. The van der Waals surface area contributed by atoms with Crippen molar-refractivity contribution in [3.8, 4) is 11.4 Å². The zero-order valence-electron chi connectivity index (χ0n) is 24.4. The van der Waals surface area contributed by atoms with Gasteiger partial charge >= 0.3 is 6.18 Å². The third-order valence-electron chi connectivity index (χ3n) is 9.66. The molecule has 2 saturated heterocycles. The Kier molecular flexibility index (Phi) is 7.91. The summed E-state index contributed by atoms with van der Waals surface area (Å²) in [6.07, 6.45) is 4.80. The predicted octanol–water partition coefficient (Wildman–Crippen LogP) is 4.18. The molecule has 232 valence electrons. The first-order chi connectivity index (χ1) is 21.0. The Balaban J connectivity index is 1.04. The maximum absolute atomic E-state index is 13.1. The molecule has 44 heavy (non-hydrogen) atoms. The van der Waals surface area contributed by atoms with E-state index in [1.807, 2.05) is 17.0 Å². The smallest absolute Gasteiger partial charge is 0.384 e. The van der Waals surface area contributed by atoms with E-state index in [0.29, 0.717) is 30.9 Å². The van der Waals surface area contributed by atoms with E-state index in [2.05, 4.69) is 32.1 Å². The fourth-order valence-corrected chi connectivity index (χ4v) is 7.16. The normalized spacial score (nSPS) is 27.2. The first-order valence-corrected chi connectivity index (χ1v) is 14.9. The Morgan fingerprint density at radius 2 is 1.70 bits per heavy atom. The molecular formula is C32H35F3N6O3. The molecule has 2 amide bonds. The molecular weight excluding hydrogens is 573 g/mol. The Bertz CT molecular complexity index is 1510. The summed E-state index contributed by atoms with van der Waals surface area (Å²) >= 11 is 0. The van der Waals surface area contributed by atoms with Crippen LogP contribution >= 0.6 is 0 Å². The van der Waals surface area contributed by atoms with Gasteiger partial charge in [-0.25, -0.2) is 9.97 Å². The van der Waals surface area contributed by atoms with Crippen molar-refractivity contribution in [3.05, 3.63) is 77.9 Å². The van der Waals surface area contributed by atoms with E-state index < -0.39 is 23.2 Å². The number of nitrogens with zero attached hydrogens (tertiary/aromatic N) is 5. The summed E-state index contributed by atoms with van der Waals surface area (Å²) in [6, 6.07) is 9.86. The van der Waals surface area contributed by atoms with Crippen LogP contribution in [0.1, 0.15) is 67.1 Å². The van der Waals surface area contributed by atoms with Gasteiger partial charge in [-0.05, 0) is 81.8 Å². The van der Waals surface area contributed by atoms with Gasteiger partial charge in [0.15, 0.2) is 5.82 Å². The van der Waals surface area contributed by atoms with Gasteiger partial charge in [-0.2, -0.15) is 13.2 Å². The second kappa shape index (κ2) is 11.6. The molecule has 1 aliphatic carbocycles. The third-order valence-corrected chi connectivity index (χ3v) is 9.66. The van der Waals surface area contributed by atoms with Gasteiger partial charge in [-0.3, -0.25) is 19.5 Å². The zero-order chi connectivity index (χ0) is 31.1. The first-order valence-electron chi connectivity index (χ1n) is 14.9. The van der Waals surface area contributed by atoms with Gasteiger partial charge in [0.25, 0.3) is 5.91 Å². The van der Waals surface area contributed by atoms with Crippen LogP contribution in [-0.4, -0.2) is 78.9 Å². The number of likely N-dealkylation sites (tertiary alicyclic amines) is 2. The lowest BCUT2D eigenvalue weighted by atomic mass is 9.72. The van der Waals surface area contributed by atoms with Crippen LogP contribution in [-0.2, 0) is 16.6 Å². The number of carbonyl (C=O) groups excluding carboxylic acids is 2. The lowest BCUT2D eigenvalue weighted by molar-refractivity contribution is -0.137. The minimum atomic E-state index is -4.56. The van der Waals surface area contributed by atoms with E-state index in [9.17, 15) is 27.9 Å². The number of nitrogens with one attached hydrogen (secondary N) is 1. The highest BCUT2D eigenvalue weighted by Gasteiger charge is 2.52. The molecule has 2 aliphatic heterocycles. The van der Waals surface area contributed by atoms with Crippen LogP contribution in [0.15, 0.2) is 61.1 Å². The molecule has 0 spiro atoms. The molecule has 6 rings (SSSR count). The van der Waals surface area contributed by atoms with Gasteiger partial charge in [-0.1, -0.05) is 6.07 Å². The third kappa shape index (κ3) is 5.80. The van der Waals surface area contributed by atoms with Gasteiger partial charge in [0, 0.05) is 60.4 Å². The molecule has 4 heterocycles. The summed E-state index contributed by atoms with van der Waals surface area (Å²) in [7, 11) is 0. The number of hydrogen-bond acceptors (Lipinski definition) is 7. The summed E-state index contributed by atoms with van der Waals surface area (Å²) in [6.45, 7) is 3.35. The number of carbonyl (C=O) groups is 2. The molecule has 2 aromatic heterocycles. The molecule has 0 unspecified atom stereocenters. The van der Waals surface area contributed by atoms with Crippen LogP contribution in [0.25, 0.3) is 11.4 Å². The van der Waals surface area contributed by atoms with Crippen LogP contribution in [0.4, 0.5) is 13.2 Å². The summed E-state index contributed by atoms with van der Waals surface area (Å²) in [5, 5.41) is 14.1. The number of aromatic nitrogens is 3. The number of hydrogen-bond donors (Lipinski definition) is 2. The molecule has 0 radical (unpaired) electrons. The molecule has 0 bridgehead atoms. The topological polar surface area (TPSA) is 112 Å². The number of amides is 2. The lowest BCUT2D eigenvalue weighted by Crippen LogP contribution is -2.54. The zero-order valence-corrected chi connectivity index (χ0v) is 24.4. The van der Waals surface area contributed by atoms with Crippen molar-refractivity contribution in [1.82, 2.24) is 30.1 Å². The van der Waals surface area contributed by atoms with E-state index in [-0.39, 0.29) is 35.6 Å². The van der Waals surface area contributed by atoms with Gasteiger partial charge in [0.2, 0.25) is 5.91 Å². The van der Waals surface area contributed by atoms with Crippen molar-refractivity contribution < 1.29 is 27.9 Å². The predicted molar refractivity (Wildman–Crippen MR) is 155 cm³/mol. The van der Waals surface area contributed by atoms with Crippen molar-refractivity contribution in [1.29, 1.82) is 0 Å². The first kappa shape index (κ1) is 30.1. The fraction of sp³-hybridized carbons (Fsp3) is 0.469. The molecule has 9 nitrogen and oxygen atoms in total. The molecule has 3 aliphatic rings. The highest BCUT2D eigenvalue weighted by atomic mass is 19.4. The summed E-state index contributed by atoms with van der Waals surface area (Å²) in [5.74, 6) is -0.369. The number of aliphatic hydroxyl groups is 1. The van der Waals surface area contributed by atoms with Crippen LogP contribution in [0, 0.1) is 0 Å². The lowest BCUT2D eigenvalue weighted by Gasteiger charge is -2.48. The second-order valence-corrected chi connectivity index (χ2v) is 12.3. The van der Waals surface area contributed by atoms with Gasteiger partial charge in [0.1, 0.15) is 5.60 Å². The number of fused-ring (bicyclic) bond motifs is 1. The van der Waals surface area contributed by atoms with E-state index in [1.54, 1.807) is 24.7 Å². The minimum Gasteiger partial charge on any atom is -0.384 e. The Hall–Kier alpha value is -3.90. The average Bonchev–Trinajstić information content (AvgIpc) is 3.65. The van der Waals surface area contributed by atoms with Crippen LogP contribution in [0.2, 0.25) is 0 Å². The number of benzene rings is 1.